The van der Waals surface area contributed by atoms with Gasteiger partial charge in [0.2, 0.25) is 0 Å². The molecule has 0 saturated heterocycles. The van der Waals surface area contributed by atoms with Gasteiger partial charge in [0.05, 0.1) is 0 Å². The van der Waals surface area contributed by atoms with Crippen molar-refractivity contribution >= 4 is 18.0 Å². The summed E-state index contributed by atoms with van der Waals surface area (Å²) in [6.07, 6.45) is 0.781. The molecule has 1 atom stereocenters. The topological polar surface area (TPSA) is 93.7 Å². The van der Waals surface area contributed by atoms with Crippen molar-refractivity contribution in [3.05, 3.63) is 107 Å². The summed E-state index contributed by atoms with van der Waals surface area (Å²) >= 11 is 0. The van der Waals surface area contributed by atoms with E-state index in [9.17, 15) is 18.8 Å². The Morgan fingerprint density at radius 1 is 0.816 bits per heavy atom. The molecule has 0 radical (unpaired) electrons. The average molecular weight is 521 g/mol. The number of halogens is 1. The van der Waals surface area contributed by atoms with E-state index in [0.717, 1.165) is 35.6 Å². The highest BCUT2D eigenvalue weighted by Gasteiger charge is 2.25. The van der Waals surface area contributed by atoms with Crippen molar-refractivity contribution in [3.63, 3.8) is 0 Å². The van der Waals surface area contributed by atoms with Crippen molar-refractivity contribution < 1.29 is 28.2 Å². The number of rotatable bonds is 12. The predicted octanol–water partition coefficient (Wildman–Crippen LogP) is 5.50. The predicted molar refractivity (Wildman–Crippen MR) is 142 cm³/mol. The van der Waals surface area contributed by atoms with E-state index in [-0.39, 0.29) is 31.2 Å². The number of carbonyl (C=O) groups is 3. The molecular weight excluding hydrogens is 487 g/mol. The third kappa shape index (κ3) is 8.73. The second kappa shape index (κ2) is 14.5. The SMILES string of the molecule is CCC(CC)c1cc(F)cc(C(=O)NC[C@@H](NC(=O)OCc2ccccc2)C(=O)OCc2ccccc2)c1. The summed E-state index contributed by atoms with van der Waals surface area (Å²) in [5.41, 5.74) is 2.42. The minimum absolute atomic E-state index is 0.00641. The molecule has 2 amide bonds. The molecule has 38 heavy (non-hydrogen) atoms. The molecule has 7 nitrogen and oxygen atoms in total. The zero-order valence-electron chi connectivity index (χ0n) is 21.6. The van der Waals surface area contributed by atoms with Crippen LogP contribution >= 0.6 is 0 Å². The summed E-state index contributed by atoms with van der Waals surface area (Å²) < 4.78 is 24.9. The summed E-state index contributed by atoms with van der Waals surface area (Å²) in [7, 11) is 0. The molecule has 0 aromatic heterocycles. The lowest BCUT2D eigenvalue weighted by Gasteiger charge is -2.19. The van der Waals surface area contributed by atoms with Gasteiger partial charge >= 0.3 is 12.1 Å². The molecule has 0 unspecified atom stereocenters. The second-order valence-electron chi connectivity index (χ2n) is 8.85. The number of carbonyl (C=O) groups excluding carboxylic acids is 3. The van der Waals surface area contributed by atoms with E-state index >= 15 is 0 Å². The van der Waals surface area contributed by atoms with Gasteiger partial charge in [0.25, 0.3) is 5.91 Å². The fourth-order valence-electron chi connectivity index (χ4n) is 3.97. The number of benzene rings is 3. The Hall–Kier alpha value is -4.20. The Kier molecular flexibility index (Phi) is 10.8. The van der Waals surface area contributed by atoms with Crippen molar-refractivity contribution in [1.82, 2.24) is 10.6 Å². The van der Waals surface area contributed by atoms with Crippen LogP contribution in [0.25, 0.3) is 0 Å². The van der Waals surface area contributed by atoms with Gasteiger partial charge in [-0.2, -0.15) is 0 Å². The number of hydrogen-bond donors (Lipinski definition) is 2. The first-order chi connectivity index (χ1) is 18.4. The van der Waals surface area contributed by atoms with Crippen LogP contribution in [0.4, 0.5) is 9.18 Å². The molecule has 3 rings (SSSR count). The Bertz CT molecular complexity index is 1200. The highest BCUT2D eigenvalue weighted by molar-refractivity contribution is 5.95. The first-order valence-electron chi connectivity index (χ1n) is 12.7. The minimum Gasteiger partial charge on any atom is -0.459 e. The minimum atomic E-state index is -1.22. The molecule has 8 heteroatoms. The Morgan fingerprint density at radius 2 is 1.39 bits per heavy atom. The molecule has 0 saturated carbocycles. The third-order valence-electron chi connectivity index (χ3n) is 6.12. The lowest BCUT2D eigenvalue weighted by Crippen LogP contribution is -2.49. The number of amides is 2. The molecule has 0 heterocycles. The van der Waals surface area contributed by atoms with Gasteiger partial charge in [-0.1, -0.05) is 74.5 Å². The van der Waals surface area contributed by atoms with Crippen LogP contribution in [-0.4, -0.2) is 30.6 Å². The molecule has 0 fully saturated rings. The maximum atomic E-state index is 14.3. The van der Waals surface area contributed by atoms with Crippen LogP contribution in [0, 0.1) is 5.82 Å². The zero-order valence-corrected chi connectivity index (χ0v) is 21.6. The number of alkyl carbamates (subject to hydrolysis) is 1. The van der Waals surface area contributed by atoms with Crippen molar-refractivity contribution in [2.75, 3.05) is 6.54 Å². The van der Waals surface area contributed by atoms with Gasteiger partial charge in [-0.05, 0) is 53.6 Å². The molecule has 0 bridgehead atoms. The van der Waals surface area contributed by atoms with Crippen molar-refractivity contribution in [2.45, 2.75) is 51.9 Å². The Morgan fingerprint density at radius 3 is 1.97 bits per heavy atom. The van der Waals surface area contributed by atoms with Crippen LogP contribution < -0.4 is 10.6 Å². The van der Waals surface area contributed by atoms with Crippen LogP contribution in [0.1, 0.15) is 59.7 Å². The number of esters is 1. The van der Waals surface area contributed by atoms with Gasteiger partial charge in [0.15, 0.2) is 0 Å². The van der Waals surface area contributed by atoms with Gasteiger partial charge in [0.1, 0.15) is 25.1 Å². The van der Waals surface area contributed by atoms with E-state index in [0.29, 0.717) is 0 Å². The maximum absolute atomic E-state index is 14.3. The van der Waals surface area contributed by atoms with Gasteiger partial charge < -0.3 is 20.1 Å². The lowest BCUT2D eigenvalue weighted by molar-refractivity contribution is -0.147. The molecule has 0 aliphatic carbocycles. The van der Waals surface area contributed by atoms with Crippen molar-refractivity contribution in [3.8, 4) is 0 Å². The fraction of sp³-hybridized carbons (Fsp3) is 0.300. The molecule has 200 valence electrons. The fourth-order valence-corrected chi connectivity index (χ4v) is 3.97. The Labute approximate surface area is 222 Å². The third-order valence-corrected chi connectivity index (χ3v) is 6.12. The highest BCUT2D eigenvalue weighted by atomic mass is 19.1. The van der Waals surface area contributed by atoms with Crippen LogP contribution in [-0.2, 0) is 27.5 Å². The number of nitrogens with one attached hydrogen (secondary N) is 2. The van der Waals surface area contributed by atoms with Gasteiger partial charge in [-0.3, -0.25) is 4.79 Å². The Balaban J connectivity index is 1.67. The van der Waals surface area contributed by atoms with E-state index in [4.69, 9.17) is 9.47 Å². The second-order valence-corrected chi connectivity index (χ2v) is 8.85. The van der Waals surface area contributed by atoms with E-state index in [2.05, 4.69) is 10.6 Å². The van der Waals surface area contributed by atoms with E-state index in [1.165, 1.54) is 6.07 Å². The monoisotopic (exact) mass is 520 g/mol. The van der Waals surface area contributed by atoms with Crippen LogP contribution in [0.5, 0.6) is 0 Å². The summed E-state index contributed by atoms with van der Waals surface area (Å²) in [5.74, 6) is -1.71. The molecule has 3 aromatic rings. The maximum Gasteiger partial charge on any atom is 0.408 e. The molecule has 0 aliphatic rings. The lowest BCUT2D eigenvalue weighted by atomic mass is 9.92. The zero-order chi connectivity index (χ0) is 27.3. The van der Waals surface area contributed by atoms with Gasteiger partial charge in [0, 0.05) is 12.1 Å². The quantitative estimate of drug-likeness (QED) is 0.308. The van der Waals surface area contributed by atoms with Gasteiger partial charge in [-0.25, -0.2) is 14.0 Å². The summed E-state index contributed by atoms with van der Waals surface area (Å²) in [6.45, 7) is 3.74. The van der Waals surface area contributed by atoms with Crippen molar-refractivity contribution in [1.29, 1.82) is 0 Å². The van der Waals surface area contributed by atoms with Gasteiger partial charge in [-0.15, -0.1) is 0 Å². The molecule has 0 spiro atoms. The van der Waals surface area contributed by atoms with Crippen LogP contribution in [0.3, 0.4) is 0 Å². The summed E-state index contributed by atoms with van der Waals surface area (Å²) in [6, 6.07) is 21.2. The van der Waals surface area contributed by atoms with Crippen molar-refractivity contribution in [2.24, 2.45) is 0 Å². The first kappa shape index (κ1) is 28.4. The number of hydrogen-bond acceptors (Lipinski definition) is 5. The van der Waals surface area contributed by atoms with E-state index < -0.39 is 29.8 Å². The summed E-state index contributed by atoms with van der Waals surface area (Å²) in [4.78, 5) is 38.2. The smallest absolute Gasteiger partial charge is 0.408 e. The largest absolute Gasteiger partial charge is 0.459 e. The van der Waals surface area contributed by atoms with E-state index in [1.807, 2.05) is 50.2 Å². The van der Waals surface area contributed by atoms with Crippen LogP contribution in [0.15, 0.2) is 78.9 Å². The standard InChI is InChI=1S/C30H33FN2O5/c1-3-23(4-2)24-15-25(17-26(31)16-24)28(34)32-18-27(29(35)37-19-21-11-7-5-8-12-21)33-30(36)38-20-22-13-9-6-10-14-22/h5-17,23,27H,3-4,18-20H2,1-2H3,(H,32,34)(H,33,36)/t27-/m1/s1. The summed E-state index contributed by atoms with van der Waals surface area (Å²) in [5, 5.41) is 5.07. The number of ether oxygens (including phenoxy) is 2. The molecule has 2 N–H and O–H groups in total. The van der Waals surface area contributed by atoms with E-state index in [1.54, 1.807) is 30.3 Å². The molecular formula is C30H33FN2O5. The van der Waals surface area contributed by atoms with Crippen LogP contribution in [0.2, 0.25) is 0 Å². The first-order valence-corrected chi connectivity index (χ1v) is 12.7. The molecule has 3 aromatic carbocycles. The normalized spacial score (nSPS) is 11.5. The molecule has 0 aliphatic heterocycles. The highest BCUT2D eigenvalue weighted by Crippen LogP contribution is 2.24. The average Bonchev–Trinajstić information content (AvgIpc) is 2.94.